The molecule has 1 aliphatic heterocycles. The first-order chi connectivity index (χ1) is 12.6. The highest BCUT2D eigenvalue weighted by atomic mass is 35.5. The molecule has 0 aliphatic carbocycles. The molecular weight excluding hydrogens is 362 g/mol. The minimum atomic E-state index is -0.197. The summed E-state index contributed by atoms with van der Waals surface area (Å²) >= 11 is 0. The first kappa shape index (κ1) is 21.4. The van der Waals surface area contributed by atoms with E-state index in [9.17, 15) is 4.79 Å². The number of hydrogen-bond acceptors (Lipinski definition) is 4. The fourth-order valence-electron chi connectivity index (χ4n) is 3.52. The van der Waals surface area contributed by atoms with E-state index in [-0.39, 0.29) is 24.1 Å². The van der Waals surface area contributed by atoms with Gasteiger partial charge in [0.1, 0.15) is 5.82 Å². The SMILES string of the molecule is Cc1nc(C(=O)NCCC2CCCNC2)nn1-c1ccccc1C(C)C.Cl. The highest BCUT2D eigenvalue weighted by Gasteiger charge is 2.18. The van der Waals surface area contributed by atoms with Crippen LogP contribution in [0.5, 0.6) is 0 Å². The van der Waals surface area contributed by atoms with Gasteiger partial charge in [0, 0.05) is 6.54 Å². The van der Waals surface area contributed by atoms with Gasteiger partial charge in [0.15, 0.2) is 0 Å². The lowest BCUT2D eigenvalue weighted by molar-refractivity contribution is 0.0940. The summed E-state index contributed by atoms with van der Waals surface area (Å²) in [6.45, 7) is 9.02. The number of carbonyl (C=O) groups is 1. The van der Waals surface area contributed by atoms with Crippen molar-refractivity contribution in [2.24, 2.45) is 5.92 Å². The van der Waals surface area contributed by atoms with Crippen molar-refractivity contribution < 1.29 is 4.79 Å². The van der Waals surface area contributed by atoms with E-state index in [1.807, 2.05) is 25.1 Å². The van der Waals surface area contributed by atoms with Gasteiger partial charge in [-0.25, -0.2) is 9.67 Å². The maximum Gasteiger partial charge on any atom is 0.290 e. The van der Waals surface area contributed by atoms with Crippen LogP contribution < -0.4 is 10.6 Å². The number of para-hydroxylation sites is 1. The molecule has 148 valence electrons. The first-order valence-electron chi connectivity index (χ1n) is 9.58. The Labute approximate surface area is 167 Å². The molecule has 1 aromatic heterocycles. The molecule has 27 heavy (non-hydrogen) atoms. The van der Waals surface area contributed by atoms with Gasteiger partial charge in [0.25, 0.3) is 5.91 Å². The van der Waals surface area contributed by atoms with Gasteiger partial charge in [0.05, 0.1) is 5.69 Å². The maximum atomic E-state index is 12.4. The monoisotopic (exact) mass is 391 g/mol. The number of rotatable bonds is 6. The number of carbonyl (C=O) groups excluding carboxylic acids is 1. The van der Waals surface area contributed by atoms with Gasteiger partial charge < -0.3 is 10.6 Å². The van der Waals surface area contributed by atoms with Gasteiger partial charge in [-0.1, -0.05) is 32.0 Å². The van der Waals surface area contributed by atoms with E-state index in [1.165, 1.54) is 18.4 Å². The van der Waals surface area contributed by atoms with E-state index in [0.29, 0.717) is 18.4 Å². The van der Waals surface area contributed by atoms with Gasteiger partial charge in [-0.15, -0.1) is 17.5 Å². The Balaban J connectivity index is 0.00000261. The second-order valence-corrected chi connectivity index (χ2v) is 7.36. The number of hydrogen-bond donors (Lipinski definition) is 2. The van der Waals surface area contributed by atoms with Crippen molar-refractivity contribution >= 4 is 18.3 Å². The third kappa shape index (κ3) is 5.30. The lowest BCUT2D eigenvalue weighted by atomic mass is 9.96. The predicted octanol–water partition coefficient (Wildman–Crippen LogP) is 3.24. The van der Waals surface area contributed by atoms with Crippen LogP contribution in [0.1, 0.15) is 61.0 Å². The number of piperidine rings is 1. The third-order valence-electron chi connectivity index (χ3n) is 5.00. The predicted molar refractivity (Wildman–Crippen MR) is 110 cm³/mol. The largest absolute Gasteiger partial charge is 0.349 e. The fourth-order valence-corrected chi connectivity index (χ4v) is 3.52. The Morgan fingerprint density at radius 1 is 1.37 bits per heavy atom. The molecule has 0 saturated carbocycles. The molecule has 6 nitrogen and oxygen atoms in total. The molecule has 1 unspecified atom stereocenters. The van der Waals surface area contributed by atoms with Crippen LogP contribution >= 0.6 is 12.4 Å². The maximum absolute atomic E-state index is 12.4. The summed E-state index contributed by atoms with van der Waals surface area (Å²) in [7, 11) is 0. The molecule has 1 saturated heterocycles. The number of aryl methyl sites for hydroxylation is 1. The first-order valence-corrected chi connectivity index (χ1v) is 9.58. The zero-order valence-corrected chi connectivity index (χ0v) is 17.2. The number of nitrogens with one attached hydrogen (secondary N) is 2. The molecule has 2 heterocycles. The topological polar surface area (TPSA) is 71.8 Å². The summed E-state index contributed by atoms with van der Waals surface area (Å²) in [6.07, 6.45) is 3.45. The van der Waals surface area contributed by atoms with Crippen LogP contribution in [0.2, 0.25) is 0 Å². The van der Waals surface area contributed by atoms with Gasteiger partial charge in [-0.3, -0.25) is 4.79 Å². The Kier molecular flexibility index (Phi) is 7.80. The van der Waals surface area contributed by atoms with E-state index in [4.69, 9.17) is 0 Å². The molecule has 2 N–H and O–H groups in total. The fraction of sp³-hybridized carbons (Fsp3) is 0.550. The molecule has 3 rings (SSSR count). The minimum absolute atomic E-state index is 0. The smallest absolute Gasteiger partial charge is 0.290 e. The Morgan fingerprint density at radius 2 is 2.15 bits per heavy atom. The standard InChI is InChI=1S/C20H29N5O.ClH/c1-14(2)17-8-4-5-9-18(17)25-15(3)23-19(24-25)20(26)22-12-10-16-7-6-11-21-13-16;/h4-5,8-9,14,16,21H,6-7,10-13H2,1-3H3,(H,22,26);1H. The number of halogens is 1. The molecule has 1 aliphatic rings. The zero-order chi connectivity index (χ0) is 18.5. The number of benzene rings is 1. The zero-order valence-electron chi connectivity index (χ0n) is 16.4. The van der Waals surface area contributed by atoms with Crippen molar-refractivity contribution in [3.63, 3.8) is 0 Å². The summed E-state index contributed by atoms with van der Waals surface area (Å²) < 4.78 is 1.77. The quantitative estimate of drug-likeness (QED) is 0.792. The summed E-state index contributed by atoms with van der Waals surface area (Å²) in [6, 6.07) is 8.13. The van der Waals surface area contributed by atoms with E-state index in [2.05, 4.69) is 40.6 Å². The molecule has 1 amide bonds. The normalized spacial score (nSPS) is 16.8. The van der Waals surface area contributed by atoms with Crippen molar-refractivity contribution in [2.45, 2.75) is 46.0 Å². The summed E-state index contributed by atoms with van der Waals surface area (Å²) in [4.78, 5) is 16.8. The van der Waals surface area contributed by atoms with Crippen LogP contribution in [0.3, 0.4) is 0 Å². The van der Waals surface area contributed by atoms with Crippen molar-refractivity contribution in [3.05, 3.63) is 41.5 Å². The summed E-state index contributed by atoms with van der Waals surface area (Å²) in [5.41, 5.74) is 2.18. The lowest BCUT2D eigenvalue weighted by Gasteiger charge is -2.22. The highest BCUT2D eigenvalue weighted by molar-refractivity contribution is 5.90. The van der Waals surface area contributed by atoms with Crippen molar-refractivity contribution in [2.75, 3.05) is 19.6 Å². The van der Waals surface area contributed by atoms with Gasteiger partial charge in [0.2, 0.25) is 5.82 Å². The van der Waals surface area contributed by atoms with Crippen molar-refractivity contribution in [1.29, 1.82) is 0 Å². The van der Waals surface area contributed by atoms with E-state index >= 15 is 0 Å². The summed E-state index contributed by atoms with van der Waals surface area (Å²) in [5.74, 6) is 1.78. The van der Waals surface area contributed by atoms with E-state index in [0.717, 1.165) is 31.0 Å². The molecule has 0 bridgehead atoms. The molecule has 7 heteroatoms. The molecule has 1 fully saturated rings. The number of nitrogens with zero attached hydrogens (tertiary/aromatic N) is 3. The third-order valence-corrected chi connectivity index (χ3v) is 5.00. The van der Waals surface area contributed by atoms with Crippen LogP contribution in [0.4, 0.5) is 0 Å². The van der Waals surface area contributed by atoms with Crippen molar-refractivity contribution in [3.8, 4) is 5.69 Å². The van der Waals surface area contributed by atoms with E-state index in [1.54, 1.807) is 4.68 Å². The van der Waals surface area contributed by atoms with Crippen LogP contribution in [-0.2, 0) is 0 Å². The van der Waals surface area contributed by atoms with Gasteiger partial charge in [-0.05, 0) is 62.7 Å². The Bertz CT molecular complexity index is 753. The Hall–Kier alpha value is -1.92. The Morgan fingerprint density at radius 3 is 2.85 bits per heavy atom. The van der Waals surface area contributed by atoms with Gasteiger partial charge >= 0.3 is 0 Å². The second-order valence-electron chi connectivity index (χ2n) is 7.36. The minimum Gasteiger partial charge on any atom is -0.349 e. The molecular formula is C20H30ClN5O. The van der Waals surface area contributed by atoms with Crippen LogP contribution in [0, 0.1) is 12.8 Å². The van der Waals surface area contributed by atoms with Gasteiger partial charge in [-0.2, -0.15) is 0 Å². The van der Waals surface area contributed by atoms with Crippen LogP contribution in [-0.4, -0.2) is 40.3 Å². The highest BCUT2D eigenvalue weighted by Crippen LogP contribution is 2.23. The molecule has 1 aromatic carbocycles. The summed E-state index contributed by atoms with van der Waals surface area (Å²) in [5, 5.41) is 10.8. The van der Waals surface area contributed by atoms with Crippen LogP contribution in [0.25, 0.3) is 5.69 Å². The molecule has 0 spiro atoms. The second kappa shape index (κ2) is 9.85. The number of amides is 1. The number of aromatic nitrogens is 3. The lowest BCUT2D eigenvalue weighted by Crippen LogP contribution is -2.33. The van der Waals surface area contributed by atoms with Crippen molar-refractivity contribution in [1.82, 2.24) is 25.4 Å². The molecule has 0 radical (unpaired) electrons. The average molecular weight is 392 g/mol. The molecule has 2 aromatic rings. The average Bonchev–Trinajstić information content (AvgIpc) is 3.04. The molecule has 1 atom stereocenters. The van der Waals surface area contributed by atoms with E-state index < -0.39 is 0 Å². The van der Waals surface area contributed by atoms with Crippen LogP contribution in [0.15, 0.2) is 24.3 Å².